The summed E-state index contributed by atoms with van der Waals surface area (Å²) in [5, 5.41) is 11.5. The molecule has 0 aliphatic carbocycles. The molecule has 1 aromatic heterocycles. The Morgan fingerprint density at radius 1 is 1.35 bits per heavy atom. The zero-order valence-electron chi connectivity index (χ0n) is 12.1. The van der Waals surface area contributed by atoms with Gasteiger partial charge in [-0.3, -0.25) is 9.59 Å². The lowest BCUT2D eigenvalue weighted by Crippen LogP contribution is -2.43. The lowest BCUT2D eigenvalue weighted by Gasteiger charge is -2.16. The highest BCUT2D eigenvalue weighted by molar-refractivity contribution is 5.97. The van der Waals surface area contributed by atoms with Crippen LogP contribution < -0.4 is 10.9 Å². The fraction of sp³-hybridized carbons (Fsp3) is 0.500. The molecule has 0 fully saturated rings. The lowest BCUT2D eigenvalue weighted by atomic mass is 10.0. The van der Waals surface area contributed by atoms with Gasteiger partial charge in [0.15, 0.2) is 0 Å². The first-order chi connectivity index (χ1) is 9.22. The maximum atomic E-state index is 12.1. The van der Waals surface area contributed by atoms with Crippen LogP contribution in [0.2, 0.25) is 0 Å². The van der Waals surface area contributed by atoms with Crippen molar-refractivity contribution in [3.05, 3.63) is 33.2 Å². The fourth-order valence-corrected chi connectivity index (χ4v) is 2.06. The number of aliphatic carboxylic acids is 1. The summed E-state index contributed by atoms with van der Waals surface area (Å²) < 4.78 is 0. The number of nitrogens with one attached hydrogen (secondary N) is 2. The standard InChI is InChI=1S/C14H20N2O4/c1-7(2)5-10(14(19)20)16-13(18)11-8(3)6-9(4)15-12(11)17/h6-7,10H,5H2,1-4H3,(H,15,17)(H,16,18)(H,19,20)/t10-/m0/s1. The van der Waals surface area contributed by atoms with Gasteiger partial charge < -0.3 is 15.4 Å². The Kier molecular flexibility index (Phi) is 5.07. The van der Waals surface area contributed by atoms with E-state index in [4.69, 9.17) is 5.11 Å². The van der Waals surface area contributed by atoms with E-state index < -0.39 is 23.5 Å². The molecule has 1 atom stereocenters. The second kappa shape index (κ2) is 6.36. The second-order valence-corrected chi connectivity index (χ2v) is 5.33. The van der Waals surface area contributed by atoms with Crippen LogP contribution in [0.25, 0.3) is 0 Å². The molecule has 0 unspecified atom stereocenters. The molecule has 0 saturated carbocycles. The molecule has 3 N–H and O–H groups in total. The maximum Gasteiger partial charge on any atom is 0.326 e. The minimum atomic E-state index is -1.10. The quantitative estimate of drug-likeness (QED) is 0.755. The molecule has 0 spiro atoms. The molecular weight excluding hydrogens is 260 g/mol. The van der Waals surface area contributed by atoms with Crippen LogP contribution in [-0.2, 0) is 4.79 Å². The van der Waals surface area contributed by atoms with E-state index in [1.165, 1.54) is 0 Å². The molecule has 110 valence electrons. The normalized spacial score (nSPS) is 12.2. The van der Waals surface area contributed by atoms with Crippen molar-refractivity contribution in [1.82, 2.24) is 10.3 Å². The number of H-pyrrole nitrogens is 1. The third-order valence-corrected chi connectivity index (χ3v) is 2.90. The van der Waals surface area contributed by atoms with Crippen molar-refractivity contribution in [2.24, 2.45) is 5.92 Å². The average molecular weight is 280 g/mol. The number of carboxylic acids is 1. The lowest BCUT2D eigenvalue weighted by molar-refractivity contribution is -0.139. The molecule has 6 nitrogen and oxygen atoms in total. The molecule has 0 radical (unpaired) electrons. The molecule has 1 aromatic rings. The van der Waals surface area contributed by atoms with Crippen LogP contribution in [0.4, 0.5) is 0 Å². The summed E-state index contributed by atoms with van der Waals surface area (Å²) in [6.45, 7) is 7.10. The number of carbonyl (C=O) groups excluding carboxylic acids is 1. The third kappa shape index (κ3) is 3.94. The first kappa shape index (κ1) is 15.9. The first-order valence-corrected chi connectivity index (χ1v) is 6.46. The van der Waals surface area contributed by atoms with Crippen LogP contribution in [0, 0.1) is 19.8 Å². The van der Waals surface area contributed by atoms with Gasteiger partial charge in [0, 0.05) is 5.69 Å². The van der Waals surface area contributed by atoms with E-state index >= 15 is 0 Å². The van der Waals surface area contributed by atoms with E-state index in [1.807, 2.05) is 13.8 Å². The van der Waals surface area contributed by atoms with Crippen LogP contribution in [-0.4, -0.2) is 28.0 Å². The second-order valence-electron chi connectivity index (χ2n) is 5.33. The summed E-state index contributed by atoms with van der Waals surface area (Å²) in [4.78, 5) is 37.6. The predicted molar refractivity (Wildman–Crippen MR) is 74.9 cm³/mol. The molecular formula is C14H20N2O4. The topological polar surface area (TPSA) is 99.3 Å². The zero-order chi connectivity index (χ0) is 15.4. The van der Waals surface area contributed by atoms with Gasteiger partial charge >= 0.3 is 5.97 Å². The maximum absolute atomic E-state index is 12.1. The van der Waals surface area contributed by atoms with E-state index in [1.54, 1.807) is 19.9 Å². The summed E-state index contributed by atoms with van der Waals surface area (Å²) in [7, 11) is 0. The first-order valence-electron chi connectivity index (χ1n) is 6.46. The van der Waals surface area contributed by atoms with Crippen LogP contribution in [0.5, 0.6) is 0 Å². The number of aromatic nitrogens is 1. The van der Waals surface area contributed by atoms with Gasteiger partial charge in [0.1, 0.15) is 11.6 Å². The van der Waals surface area contributed by atoms with E-state index in [9.17, 15) is 14.4 Å². The number of pyridine rings is 1. The highest BCUT2D eigenvalue weighted by Gasteiger charge is 2.24. The summed E-state index contributed by atoms with van der Waals surface area (Å²) in [5.41, 5.74) is 0.637. The van der Waals surface area contributed by atoms with E-state index in [0.29, 0.717) is 17.7 Å². The predicted octanol–water partition coefficient (Wildman–Crippen LogP) is 1.22. The molecule has 0 aliphatic rings. The van der Waals surface area contributed by atoms with Crippen LogP contribution >= 0.6 is 0 Å². The molecule has 20 heavy (non-hydrogen) atoms. The number of carbonyl (C=O) groups is 2. The Morgan fingerprint density at radius 3 is 2.40 bits per heavy atom. The van der Waals surface area contributed by atoms with Gasteiger partial charge in [-0.15, -0.1) is 0 Å². The Morgan fingerprint density at radius 2 is 1.95 bits per heavy atom. The van der Waals surface area contributed by atoms with Gasteiger partial charge in [-0.1, -0.05) is 13.8 Å². The smallest absolute Gasteiger partial charge is 0.326 e. The zero-order valence-corrected chi connectivity index (χ0v) is 12.1. The van der Waals surface area contributed by atoms with Crippen molar-refractivity contribution < 1.29 is 14.7 Å². The summed E-state index contributed by atoms with van der Waals surface area (Å²) >= 11 is 0. The average Bonchev–Trinajstić information content (AvgIpc) is 2.25. The van der Waals surface area contributed by atoms with Gasteiger partial charge in [-0.05, 0) is 37.8 Å². The van der Waals surface area contributed by atoms with Crippen molar-refractivity contribution in [3.63, 3.8) is 0 Å². The molecule has 1 rings (SSSR count). The van der Waals surface area contributed by atoms with Gasteiger partial charge in [0.05, 0.1) is 0 Å². The van der Waals surface area contributed by atoms with Crippen molar-refractivity contribution in [1.29, 1.82) is 0 Å². The summed E-state index contributed by atoms with van der Waals surface area (Å²) in [6, 6.07) is 0.678. The van der Waals surface area contributed by atoms with E-state index in [-0.39, 0.29) is 11.5 Å². The monoisotopic (exact) mass is 280 g/mol. The molecule has 0 bridgehead atoms. The van der Waals surface area contributed by atoms with E-state index in [2.05, 4.69) is 10.3 Å². The molecule has 0 aliphatic heterocycles. The van der Waals surface area contributed by atoms with E-state index in [0.717, 1.165) is 0 Å². The molecule has 1 amide bonds. The minimum Gasteiger partial charge on any atom is -0.480 e. The third-order valence-electron chi connectivity index (χ3n) is 2.90. The number of hydrogen-bond acceptors (Lipinski definition) is 3. The van der Waals surface area contributed by atoms with Gasteiger partial charge in [0.25, 0.3) is 11.5 Å². The highest BCUT2D eigenvalue weighted by atomic mass is 16.4. The van der Waals surface area contributed by atoms with Crippen molar-refractivity contribution in [3.8, 4) is 0 Å². The Bertz CT molecular complexity index is 575. The molecule has 6 heteroatoms. The fourth-order valence-electron chi connectivity index (χ4n) is 2.06. The molecule has 0 aromatic carbocycles. The van der Waals surface area contributed by atoms with Crippen LogP contribution in [0.15, 0.2) is 10.9 Å². The Hall–Kier alpha value is -2.11. The highest BCUT2D eigenvalue weighted by Crippen LogP contribution is 2.08. The van der Waals surface area contributed by atoms with Gasteiger partial charge in [0.2, 0.25) is 0 Å². The van der Waals surface area contributed by atoms with Crippen molar-refractivity contribution in [2.45, 2.75) is 40.2 Å². The SMILES string of the molecule is Cc1cc(C)c(C(=O)N[C@@H](CC(C)C)C(=O)O)c(=O)[nH]1. The number of carboxylic acid groups (broad SMARTS) is 1. The number of rotatable bonds is 5. The number of aryl methyl sites for hydroxylation is 2. The summed E-state index contributed by atoms with van der Waals surface area (Å²) in [6.07, 6.45) is 0.309. The van der Waals surface area contributed by atoms with Crippen molar-refractivity contribution in [2.75, 3.05) is 0 Å². The number of aromatic amines is 1. The summed E-state index contributed by atoms with van der Waals surface area (Å²) in [5.74, 6) is -1.64. The Labute approximate surface area is 117 Å². The molecule has 1 heterocycles. The Balaban J connectivity index is 3.01. The van der Waals surface area contributed by atoms with Gasteiger partial charge in [-0.25, -0.2) is 4.79 Å². The van der Waals surface area contributed by atoms with Crippen LogP contribution in [0.3, 0.4) is 0 Å². The number of hydrogen-bond donors (Lipinski definition) is 3. The largest absolute Gasteiger partial charge is 0.480 e. The van der Waals surface area contributed by atoms with Gasteiger partial charge in [-0.2, -0.15) is 0 Å². The van der Waals surface area contributed by atoms with Crippen LogP contribution in [0.1, 0.15) is 41.9 Å². The molecule has 0 saturated heterocycles. The number of amides is 1. The van der Waals surface area contributed by atoms with Crippen molar-refractivity contribution >= 4 is 11.9 Å². The minimum absolute atomic E-state index is 0.0365.